The zero-order valence-corrected chi connectivity index (χ0v) is 7.12. The summed E-state index contributed by atoms with van der Waals surface area (Å²) in [6.07, 6.45) is 1.78. The predicted octanol–water partition coefficient (Wildman–Crippen LogP) is -0.963. The number of hydrogen-bond donors (Lipinski definition) is 1. The average molecular weight is 179 g/mol. The molecule has 0 atom stereocenters. The second-order valence-corrected chi connectivity index (χ2v) is 2.66. The summed E-state index contributed by atoms with van der Waals surface area (Å²) in [6, 6.07) is 1.73. The zero-order chi connectivity index (χ0) is 9.26. The van der Waals surface area contributed by atoms with Gasteiger partial charge < -0.3 is 5.73 Å². The largest absolute Gasteiger partial charge is 0.382 e. The normalized spacial score (nSPS) is 10.5. The first-order valence-electron chi connectivity index (χ1n) is 3.76. The first kappa shape index (κ1) is 7.71. The molecule has 0 amide bonds. The molecule has 0 aromatic carbocycles. The lowest BCUT2D eigenvalue weighted by molar-refractivity contribution is 0.607. The number of nitrogens with zero attached hydrogens (tertiary/aromatic N) is 6. The molecule has 2 N–H and O–H groups in total. The second kappa shape index (κ2) is 2.85. The highest BCUT2D eigenvalue weighted by molar-refractivity contribution is 5.23. The van der Waals surface area contributed by atoms with Crippen LogP contribution in [0.15, 0.2) is 12.3 Å². The fourth-order valence-corrected chi connectivity index (χ4v) is 0.992. The van der Waals surface area contributed by atoms with E-state index in [4.69, 9.17) is 5.73 Å². The third-order valence-electron chi connectivity index (χ3n) is 1.67. The van der Waals surface area contributed by atoms with Crippen molar-refractivity contribution in [3.8, 4) is 0 Å². The SMILES string of the molecule is Cn1nnnc1Cn1ccc(N)n1. The van der Waals surface area contributed by atoms with Crippen LogP contribution in [0.4, 0.5) is 5.82 Å². The maximum Gasteiger partial charge on any atom is 0.172 e. The van der Waals surface area contributed by atoms with Gasteiger partial charge in [0.15, 0.2) is 5.82 Å². The minimum Gasteiger partial charge on any atom is -0.382 e. The maximum absolute atomic E-state index is 5.46. The van der Waals surface area contributed by atoms with Crippen molar-refractivity contribution in [3.63, 3.8) is 0 Å². The van der Waals surface area contributed by atoms with E-state index in [2.05, 4.69) is 20.6 Å². The molecule has 0 aliphatic rings. The zero-order valence-electron chi connectivity index (χ0n) is 7.12. The van der Waals surface area contributed by atoms with Crippen LogP contribution in [0.25, 0.3) is 0 Å². The number of rotatable bonds is 2. The third-order valence-corrected chi connectivity index (χ3v) is 1.67. The van der Waals surface area contributed by atoms with E-state index in [9.17, 15) is 0 Å². The molecule has 7 nitrogen and oxygen atoms in total. The minimum absolute atomic E-state index is 0.495. The molecule has 0 aliphatic heterocycles. The first-order valence-corrected chi connectivity index (χ1v) is 3.76. The Kier molecular flexibility index (Phi) is 1.69. The molecule has 2 heterocycles. The van der Waals surface area contributed by atoms with Gasteiger partial charge in [0.1, 0.15) is 12.4 Å². The highest BCUT2D eigenvalue weighted by Gasteiger charge is 2.03. The summed E-state index contributed by atoms with van der Waals surface area (Å²) in [5.74, 6) is 1.23. The van der Waals surface area contributed by atoms with Crippen LogP contribution < -0.4 is 5.73 Å². The number of aromatic nitrogens is 6. The van der Waals surface area contributed by atoms with Gasteiger partial charge in [-0.25, -0.2) is 4.68 Å². The molecule has 7 heteroatoms. The summed E-state index contributed by atoms with van der Waals surface area (Å²) in [5.41, 5.74) is 5.46. The monoisotopic (exact) mass is 179 g/mol. The molecule has 2 aromatic heterocycles. The van der Waals surface area contributed by atoms with Gasteiger partial charge in [-0.2, -0.15) is 5.10 Å². The molecule has 0 fully saturated rings. The van der Waals surface area contributed by atoms with E-state index in [0.29, 0.717) is 12.4 Å². The van der Waals surface area contributed by atoms with Crippen molar-refractivity contribution in [3.05, 3.63) is 18.1 Å². The quantitative estimate of drug-likeness (QED) is 0.641. The van der Waals surface area contributed by atoms with E-state index < -0.39 is 0 Å². The Hall–Kier alpha value is -1.92. The highest BCUT2D eigenvalue weighted by atomic mass is 15.5. The minimum atomic E-state index is 0.495. The van der Waals surface area contributed by atoms with Crippen LogP contribution in [0.5, 0.6) is 0 Å². The molecular formula is C6H9N7. The fraction of sp³-hybridized carbons (Fsp3) is 0.333. The molecule has 2 aromatic rings. The van der Waals surface area contributed by atoms with Gasteiger partial charge in [-0.1, -0.05) is 0 Å². The number of nitrogens with two attached hydrogens (primary N) is 1. The van der Waals surface area contributed by atoms with Gasteiger partial charge in [-0.3, -0.25) is 4.68 Å². The van der Waals surface area contributed by atoms with E-state index in [1.165, 1.54) is 0 Å². The Bertz CT molecular complexity index is 401. The van der Waals surface area contributed by atoms with Gasteiger partial charge >= 0.3 is 0 Å². The van der Waals surface area contributed by atoms with Crippen LogP contribution in [-0.4, -0.2) is 30.0 Å². The van der Waals surface area contributed by atoms with E-state index >= 15 is 0 Å². The smallest absolute Gasteiger partial charge is 0.172 e. The van der Waals surface area contributed by atoms with Crippen LogP contribution in [-0.2, 0) is 13.6 Å². The number of anilines is 1. The van der Waals surface area contributed by atoms with Crippen LogP contribution in [0.1, 0.15) is 5.82 Å². The highest BCUT2D eigenvalue weighted by Crippen LogP contribution is 1.98. The maximum atomic E-state index is 5.46. The van der Waals surface area contributed by atoms with Gasteiger partial charge in [0, 0.05) is 13.2 Å². The van der Waals surface area contributed by atoms with E-state index in [-0.39, 0.29) is 0 Å². The molecule has 68 valence electrons. The van der Waals surface area contributed by atoms with Crippen molar-refractivity contribution in [1.29, 1.82) is 0 Å². The molecular weight excluding hydrogens is 170 g/mol. The van der Waals surface area contributed by atoms with E-state index in [1.807, 2.05) is 0 Å². The molecule has 0 saturated carbocycles. The number of hydrogen-bond acceptors (Lipinski definition) is 5. The number of nitrogen functional groups attached to an aromatic ring is 1. The van der Waals surface area contributed by atoms with Crippen molar-refractivity contribution in [2.24, 2.45) is 7.05 Å². The number of aryl methyl sites for hydroxylation is 1. The van der Waals surface area contributed by atoms with Crippen molar-refractivity contribution in [2.75, 3.05) is 5.73 Å². The lowest BCUT2D eigenvalue weighted by atomic mass is 10.6. The second-order valence-electron chi connectivity index (χ2n) is 2.66. The van der Waals surface area contributed by atoms with Gasteiger partial charge in [0.25, 0.3) is 0 Å². The lowest BCUT2D eigenvalue weighted by Crippen LogP contribution is -2.07. The summed E-state index contributed by atoms with van der Waals surface area (Å²) >= 11 is 0. The molecule has 0 radical (unpaired) electrons. The van der Waals surface area contributed by atoms with Gasteiger partial charge in [0.2, 0.25) is 0 Å². The Labute approximate surface area is 74.1 Å². The Morgan fingerprint density at radius 2 is 2.38 bits per heavy atom. The summed E-state index contributed by atoms with van der Waals surface area (Å²) in [5, 5.41) is 15.1. The molecule has 0 spiro atoms. The van der Waals surface area contributed by atoms with Crippen LogP contribution in [0.2, 0.25) is 0 Å². The average Bonchev–Trinajstić information content (AvgIpc) is 2.64. The first-order chi connectivity index (χ1) is 6.25. The van der Waals surface area contributed by atoms with Gasteiger partial charge in [-0.05, 0) is 16.5 Å². The van der Waals surface area contributed by atoms with E-state index in [0.717, 1.165) is 5.82 Å². The van der Waals surface area contributed by atoms with Gasteiger partial charge in [-0.15, -0.1) is 5.10 Å². The summed E-state index contributed by atoms with van der Waals surface area (Å²) in [7, 11) is 1.78. The molecule has 0 aliphatic carbocycles. The fourth-order valence-electron chi connectivity index (χ4n) is 0.992. The molecule has 0 bridgehead atoms. The van der Waals surface area contributed by atoms with Crippen LogP contribution >= 0.6 is 0 Å². The topological polar surface area (TPSA) is 87.4 Å². The Morgan fingerprint density at radius 3 is 2.92 bits per heavy atom. The van der Waals surface area contributed by atoms with Crippen molar-refractivity contribution in [1.82, 2.24) is 30.0 Å². The van der Waals surface area contributed by atoms with Crippen molar-refractivity contribution in [2.45, 2.75) is 6.54 Å². The van der Waals surface area contributed by atoms with Gasteiger partial charge in [0.05, 0.1) is 0 Å². The number of tetrazole rings is 1. The predicted molar refractivity (Wildman–Crippen MR) is 44.5 cm³/mol. The molecule has 0 saturated heterocycles. The third kappa shape index (κ3) is 1.48. The summed E-state index contributed by atoms with van der Waals surface area (Å²) in [6.45, 7) is 0.528. The Morgan fingerprint density at radius 1 is 1.54 bits per heavy atom. The summed E-state index contributed by atoms with van der Waals surface area (Å²) in [4.78, 5) is 0. The molecule has 0 unspecified atom stereocenters. The molecule has 13 heavy (non-hydrogen) atoms. The lowest BCUT2D eigenvalue weighted by Gasteiger charge is -1.97. The summed E-state index contributed by atoms with van der Waals surface area (Å²) < 4.78 is 3.28. The van der Waals surface area contributed by atoms with Crippen LogP contribution in [0.3, 0.4) is 0 Å². The molecule has 2 rings (SSSR count). The van der Waals surface area contributed by atoms with Crippen molar-refractivity contribution >= 4 is 5.82 Å². The Balaban J connectivity index is 2.19. The van der Waals surface area contributed by atoms with Crippen molar-refractivity contribution < 1.29 is 0 Å². The standard InChI is InChI=1S/C6H9N7/c1-12-6(8-10-11-12)4-13-3-2-5(7)9-13/h2-3H,4H2,1H3,(H2,7,9). The van der Waals surface area contributed by atoms with Crippen LogP contribution in [0, 0.1) is 0 Å². The van der Waals surface area contributed by atoms with E-state index in [1.54, 1.807) is 28.7 Å².